The molecule has 1 aromatic carbocycles. The van der Waals surface area contributed by atoms with Gasteiger partial charge < -0.3 is 0 Å². The van der Waals surface area contributed by atoms with Crippen molar-refractivity contribution in [2.75, 3.05) is 0 Å². The Morgan fingerprint density at radius 1 is 1.15 bits per heavy atom. The molecule has 0 N–H and O–H groups in total. The predicted molar refractivity (Wildman–Crippen MR) is 113 cm³/mol. The topological polar surface area (TPSA) is 52.0 Å². The van der Waals surface area contributed by atoms with Gasteiger partial charge in [0, 0.05) is 33.8 Å². The van der Waals surface area contributed by atoms with Crippen LogP contribution in [0.1, 0.15) is 18.2 Å². The Bertz CT molecular complexity index is 1170. The lowest BCUT2D eigenvalue weighted by Crippen LogP contribution is -2.24. The van der Waals surface area contributed by atoms with E-state index in [1.54, 1.807) is 34.2 Å². The highest BCUT2D eigenvalue weighted by atomic mass is 32.1. The van der Waals surface area contributed by atoms with Crippen molar-refractivity contribution in [3.05, 3.63) is 63.1 Å². The van der Waals surface area contributed by atoms with Crippen molar-refractivity contribution in [1.82, 2.24) is 9.55 Å². The van der Waals surface area contributed by atoms with Crippen LogP contribution in [0.5, 0.6) is 0 Å². The van der Waals surface area contributed by atoms with E-state index < -0.39 is 0 Å². The van der Waals surface area contributed by atoms with E-state index in [4.69, 9.17) is 4.98 Å². The van der Waals surface area contributed by atoms with Gasteiger partial charge in [-0.3, -0.25) is 14.2 Å². The maximum Gasteiger partial charge on any atom is 0.263 e. The average Bonchev–Trinajstić information content (AvgIpc) is 3.28. The standard InChI is InChI=1S/C21H18N2O2S2/c1-13(24)10-11-23-19(15-7-4-3-5-8-15)22-20-18(21(23)25)17(14(2)27-20)16-9-6-12-26-16/h3-9,12H,10-11H2,1-2H3. The number of Topliss-reactive ketones (excluding diaryl/α,β-unsaturated/α-hetero) is 1. The van der Waals surface area contributed by atoms with Crippen LogP contribution in [0.15, 0.2) is 52.6 Å². The SMILES string of the molecule is CC(=O)CCn1c(-c2ccccc2)nc2sc(C)c(-c3cccs3)c2c1=O. The van der Waals surface area contributed by atoms with E-state index in [-0.39, 0.29) is 11.3 Å². The number of thiophene rings is 2. The van der Waals surface area contributed by atoms with E-state index in [1.807, 2.05) is 54.8 Å². The fourth-order valence-corrected chi connectivity index (χ4v) is 5.12. The molecule has 136 valence electrons. The molecule has 0 aliphatic carbocycles. The van der Waals surface area contributed by atoms with Crippen molar-refractivity contribution >= 4 is 38.7 Å². The molecule has 4 rings (SSSR count). The molecular formula is C21H18N2O2S2. The van der Waals surface area contributed by atoms with E-state index in [0.29, 0.717) is 24.2 Å². The van der Waals surface area contributed by atoms with E-state index in [9.17, 15) is 9.59 Å². The molecular weight excluding hydrogens is 376 g/mol. The van der Waals surface area contributed by atoms with Gasteiger partial charge in [0.1, 0.15) is 16.4 Å². The molecule has 0 bridgehead atoms. The maximum absolute atomic E-state index is 13.5. The third-order valence-electron chi connectivity index (χ3n) is 4.47. The summed E-state index contributed by atoms with van der Waals surface area (Å²) >= 11 is 3.17. The molecule has 0 saturated heterocycles. The summed E-state index contributed by atoms with van der Waals surface area (Å²) < 4.78 is 1.66. The van der Waals surface area contributed by atoms with E-state index in [2.05, 4.69) is 0 Å². The first-order valence-corrected chi connectivity index (χ1v) is 10.4. The minimum absolute atomic E-state index is 0.0565. The molecule has 0 fully saturated rings. The van der Waals surface area contributed by atoms with Crippen LogP contribution in [0.2, 0.25) is 0 Å². The minimum atomic E-state index is -0.0761. The summed E-state index contributed by atoms with van der Waals surface area (Å²) in [6.07, 6.45) is 0.310. The van der Waals surface area contributed by atoms with Crippen molar-refractivity contribution in [2.45, 2.75) is 26.8 Å². The average molecular weight is 395 g/mol. The number of benzene rings is 1. The van der Waals surface area contributed by atoms with Gasteiger partial charge in [0.15, 0.2) is 0 Å². The number of hydrogen-bond donors (Lipinski definition) is 0. The molecule has 0 unspecified atom stereocenters. The number of carbonyl (C=O) groups is 1. The van der Waals surface area contributed by atoms with Crippen LogP contribution in [0.3, 0.4) is 0 Å². The second kappa shape index (κ2) is 7.21. The van der Waals surface area contributed by atoms with E-state index in [0.717, 1.165) is 25.7 Å². The second-order valence-corrected chi connectivity index (χ2v) is 8.55. The van der Waals surface area contributed by atoms with Crippen molar-refractivity contribution in [2.24, 2.45) is 0 Å². The van der Waals surface area contributed by atoms with Crippen LogP contribution in [-0.2, 0) is 11.3 Å². The fraction of sp³-hybridized carbons (Fsp3) is 0.190. The molecule has 0 atom stereocenters. The smallest absolute Gasteiger partial charge is 0.263 e. The Morgan fingerprint density at radius 3 is 2.59 bits per heavy atom. The molecule has 0 saturated carbocycles. The zero-order valence-corrected chi connectivity index (χ0v) is 16.7. The van der Waals surface area contributed by atoms with Gasteiger partial charge in [-0.1, -0.05) is 36.4 Å². The lowest BCUT2D eigenvalue weighted by atomic mass is 10.1. The molecule has 0 amide bonds. The number of ketones is 1. The first-order chi connectivity index (χ1) is 13.1. The molecule has 0 radical (unpaired) electrons. The third-order valence-corrected chi connectivity index (χ3v) is 6.36. The number of nitrogens with zero attached hydrogens (tertiary/aromatic N) is 2. The molecule has 3 aromatic heterocycles. The zero-order chi connectivity index (χ0) is 19.0. The fourth-order valence-electron chi connectivity index (χ4n) is 3.20. The lowest BCUT2D eigenvalue weighted by Gasteiger charge is -2.12. The molecule has 27 heavy (non-hydrogen) atoms. The molecule has 0 aliphatic heterocycles. The van der Waals surface area contributed by atoms with Gasteiger partial charge in [-0.05, 0) is 25.3 Å². The minimum Gasteiger partial charge on any atom is -0.300 e. The summed E-state index contributed by atoms with van der Waals surface area (Å²) in [5, 5.41) is 2.67. The molecule has 4 nitrogen and oxygen atoms in total. The zero-order valence-electron chi connectivity index (χ0n) is 15.1. The second-order valence-electron chi connectivity index (χ2n) is 6.40. The quantitative estimate of drug-likeness (QED) is 0.471. The van der Waals surface area contributed by atoms with Crippen LogP contribution in [-0.4, -0.2) is 15.3 Å². The summed E-state index contributed by atoms with van der Waals surface area (Å²) in [4.78, 5) is 32.8. The Balaban J connectivity index is 2.02. The van der Waals surface area contributed by atoms with Gasteiger partial charge in [-0.2, -0.15) is 0 Å². The number of fused-ring (bicyclic) bond motifs is 1. The van der Waals surface area contributed by atoms with E-state index in [1.165, 1.54) is 0 Å². The number of rotatable bonds is 5. The van der Waals surface area contributed by atoms with Crippen LogP contribution in [0, 0.1) is 6.92 Å². The summed E-state index contributed by atoms with van der Waals surface area (Å²) in [6.45, 7) is 3.91. The Morgan fingerprint density at radius 2 is 1.93 bits per heavy atom. The number of aryl methyl sites for hydroxylation is 1. The maximum atomic E-state index is 13.5. The van der Waals surface area contributed by atoms with Crippen molar-refractivity contribution < 1.29 is 4.79 Å². The molecule has 6 heteroatoms. The summed E-state index contributed by atoms with van der Waals surface area (Å²) in [7, 11) is 0. The van der Waals surface area contributed by atoms with Gasteiger partial charge in [0.05, 0.1) is 5.39 Å². The first-order valence-electron chi connectivity index (χ1n) is 8.69. The highest BCUT2D eigenvalue weighted by Gasteiger charge is 2.21. The Kier molecular flexibility index (Phi) is 4.76. The predicted octanol–water partition coefficient (Wildman–Crippen LogP) is 5.14. The summed E-state index contributed by atoms with van der Waals surface area (Å²) in [6, 6.07) is 13.7. The van der Waals surface area contributed by atoms with Crippen molar-refractivity contribution in [3.63, 3.8) is 0 Å². The highest BCUT2D eigenvalue weighted by molar-refractivity contribution is 7.20. The monoisotopic (exact) mass is 394 g/mol. The molecule has 0 aliphatic rings. The van der Waals surface area contributed by atoms with Crippen LogP contribution >= 0.6 is 22.7 Å². The van der Waals surface area contributed by atoms with E-state index >= 15 is 0 Å². The van der Waals surface area contributed by atoms with Gasteiger partial charge in [0.25, 0.3) is 5.56 Å². The third kappa shape index (κ3) is 3.26. The largest absolute Gasteiger partial charge is 0.300 e. The van der Waals surface area contributed by atoms with Gasteiger partial charge in [-0.25, -0.2) is 4.98 Å². The normalized spacial score (nSPS) is 11.2. The van der Waals surface area contributed by atoms with Crippen LogP contribution in [0.25, 0.3) is 32.0 Å². The van der Waals surface area contributed by atoms with Crippen LogP contribution in [0.4, 0.5) is 0 Å². The lowest BCUT2D eigenvalue weighted by molar-refractivity contribution is -0.117. The Labute approximate surface area is 164 Å². The first kappa shape index (κ1) is 17.8. The molecule has 0 spiro atoms. The Hall–Kier alpha value is -2.57. The van der Waals surface area contributed by atoms with Gasteiger partial charge in [-0.15, -0.1) is 22.7 Å². The number of carbonyl (C=O) groups excluding carboxylic acids is 1. The van der Waals surface area contributed by atoms with Gasteiger partial charge >= 0.3 is 0 Å². The van der Waals surface area contributed by atoms with Crippen molar-refractivity contribution in [1.29, 1.82) is 0 Å². The molecule has 4 aromatic rings. The number of hydrogen-bond acceptors (Lipinski definition) is 5. The molecule has 3 heterocycles. The van der Waals surface area contributed by atoms with Gasteiger partial charge in [0.2, 0.25) is 0 Å². The van der Waals surface area contributed by atoms with Crippen LogP contribution < -0.4 is 5.56 Å². The summed E-state index contributed by atoms with van der Waals surface area (Å²) in [5.74, 6) is 0.675. The summed E-state index contributed by atoms with van der Waals surface area (Å²) in [5.41, 5.74) is 1.77. The highest BCUT2D eigenvalue weighted by Crippen LogP contribution is 2.38. The van der Waals surface area contributed by atoms with Crippen molar-refractivity contribution in [3.8, 4) is 21.8 Å². The number of aromatic nitrogens is 2.